The molecule has 3 N–H and O–H groups in total. The van der Waals surface area contributed by atoms with Gasteiger partial charge < -0.3 is 15.4 Å². The van der Waals surface area contributed by atoms with Gasteiger partial charge in [0.15, 0.2) is 0 Å². The van der Waals surface area contributed by atoms with E-state index in [0.717, 1.165) is 16.8 Å². The van der Waals surface area contributed by atoms with Crippen molar-refractivity contribution < 1.29 is 5.11 Å². The number of nitrogens with two attached hydrogens (primary N) is 1. The standard InChI is InChI=1S/C17H15ClIN5O/c1-9-6-21-12(10(2)14(9)19)8-24-7-11(4-3-5-25)13-15(18)22-17(20)23-16(13)24/h6-7,25H,5,8H2,1-2H3,(H2,20,22,23). The maximum Gasteiger partial charge on any atom is 0.223 e. The van der Waals surface area contributed by atoms with Crippen molar-refractivity contribution in [2.45, 2.75) is 20.4 Å². The summed E-state index contributed by atoms with van der Waals surface area (Å²) in [6.45, 7) is 4.35. The summed E-state index contributed by atoms with van der Waals surface area (Å²) >= 11 is 8.57. The average molecular weight is 468 g/mol. The van der Waals surface area contributed by atoms with E-state index < -0.39 is 0 Å². The summed E-state index contributed by atoms with van der Waals surface area (Å²) in [7, 11) is 0. The molecular weight excluding hydrogens is 453 g/mol. The predicted octanol–water partition coefficient (Wildman–Crippen LogP) is 2.68. The summed E-state index contributed by atoms with van der Waals surface area (Å²) in [6, 6.07) is 0. The van der Waals surface area contributed by atoms with E-state index >= 15 is 0 Å². The van der Waals surface area contributed by atoms with Gasteiger partial charge in [0.25, 0.3) is 0 Å². The minimum Gasteiger partial charge on any atom is -0.384 e. The molecule has 0 radical (unpaired) electrons. The molecule has 0 aromatic carbocycles. The van der Waals surface area contributed by atoms with Crippen LogP contribution in [-0.4, -0.2) is 31.2 Å². The molecular formula is C17H15ClIN5O. The Labute approximate surface area is 163 Å². The maximum atomic E-state index is 8.97. The molecule has 0 saturated heterocycles. The molecule has 3 aromatic rings. The number of aliphatic hydroxyl groups excluding tert-OH is 1. The number of aromatic nitrogens is 4. The Morgan fingerprint density at radius 1 is 1.36 bits per heavy atom. The fourth-order valence-electron chi connectivity index (χ4n) is 2.58. The molecule has 8 heteroatoms. The quantitative estimate of drug-likeness (QED) is 0.344. The Bertz CT molecular complexity index is 1040. The minimum absolute atomic E-state index is 0.0988. The van der Waals surface area contributed by atoms with Crippen LogP contribution < -0.4 is 5.73 Å². The highest BCUT2D eigenvalue weighted by atomic mass is 127. The van der Waals surface area contributed by atoms with Crippen LogP contribution in [0.1, 0.15) is 22.4 Å². The van der Waals surface area contributed by atoms with Gasteiger partial charge in [0.1, 0.15) is 17.4 Å². The molecule has 0 unspecified atom stereocenters. The second-order valence-corrected chi connectivity index (χ2v) is 6.97. The first-order valence-corrected chi connectivity index (χ1v) is 8.90. The fraction of sp³-hybridized carbons (Fsp3) is 0.235. The molecule has 0 atom stereocenters. The Balaban J connectivity index is 2.18. The van der Waals surface area contributed by atoms with Crippen molar-refractivity contribution in [3.63, 3.8) is 0 Å². The van der Waals surface area contributed by atoms with Gasteiger partial charge in [-0.3, -0.25) is 4.98 Å². The van der Waals surface area contributed by atoms with Crippen LogP contribution in [0, 0.1) is 29.3 Å². The molecule has 3 heterocycles. The van der Waals surface area contributed by atoms with Crippen molar-refractivity contribution in [3.05, 3.63) is 43.5 Å². The SMILES string of the molecule is Cc1cnc(Cn2cc(C#CCO)c3c(Cl)nc(N)nc32)c(C)c1I. The van der Waals surface area contributed by atoms with Gasteiger partial charge in [-0.1, -0.05) is 23.4 Å². The summed E-state index contributed by atoms with van der Waals surface area (Å²) in [5, 5.41) is 9.84. The Morgan fingerprint density at radius 3 is 2.84 bits per heavy atom. The maximum absolute atomic E-state index is 8.97. The van der Waals surface area contributed by atoms with E-state index in [4.69, 9.17) is 22.4 Å². The highest BCUT2D eigenvalue weighted by molar-refractivity contribution is 14.1. The first kappa shape index (κ1) is 17.9. The third kappa shape index (κ3) is 3.42. The number of nitrogen functional groups attached to an aromatic ring is 1. The molecule has 0 bridgehead atoms. The van der Waals surface area contributed by atoms with Crippen LogP contribution in [0.15, 0.2) is 12.4 Å². The zero-order valence-electron chi connectivity index (χ0n) is 13.6. The van der Waals surface area contributed by atoms with Crippen LogP contribution in [0.4, 0.5) is 5.95 Å². The largest absolute Gasteiger partial charge is 0.384 e. The smallest absolute Gasteiger partial charge is 0.223 e. The molecule has 25 heavy (non-hydrogen) atoms. The van der Waals surface area contributed by atoms with E-state index in [1.54, 1.807) is 0 Å². The number of pyridine rings is 1. The Kier molecular flexibility index (Phi) is 5.13. The average Bonchev–Trinajstić information content (AvgIpc) is 2.91. The van der Waals surface area contributed by atoms with Crippen molar-refractivity contribution in [3.8, 4) is 11.8 Å². The van der Waals surface area contributed by atoms with E-state index in [9.17, 15) is 0 Å². The fourth-order valence-corrected chi connectivity index (χ4v) is 3.30. The molecule has 3 rings (SSSR count). The molecule has 0 spiro atoms. The first-order valence-electron chi connectivity index (χ1n) is 7.44. The molecule has 3 aromatic heterocycles. The van der Waals surface area contributed by atoms with Crippen LogP contribution >= 0.6 is 34.2 Å². The van der Waals surface area contributed by atoms with Gasteiger partial charge in [0.2, 0.25) is 5.95 Å². The first-order chi connectivity index (χ1) is 11.9. The summed E-state index contributed by atoms with van der Waals surface area (Å²) in [6.07, 6.45) is 3.69. The van der Waals surface area contributed by atoms with Gasteiger partial charge >= 0.3 is 0 Å². The zero-order chi connectivity index (χ0) is 18.1. The summed E-state index contributed by atoms with van der Waals surface area (Å²) < 4.78 is 3.09. The van der Waals surface area contributed by atoms with E-state index in [0.29, 0.717) is 23.1 Å². The topological polar surface area (TPSA) is 89.8 Å². The monoisotopic (exact) mass is 467 g/mol. The van der Waals surface area contributed by atoms with Crippen molar-refractivity contribution >= 4 is 51.2 Å². The van der Waals surface area contributed by atoms with Crippen molar-refractivity contribution in [1.29, 1.82) is 0 Å². The summed E-state index contributed by atoms with van der Waals surface area (Å²) in [5.74, 6) is 5.62. The number of fused-ring (bicyclic) bond motifs is 1. The molecule has 0 fully saturated rings. The molecule has 6 nitrogen and oxygen atoms in total. The highest BCUT2D eigenvalue weighted by Crippen LogP contribution is 2.28. The second-order valence-electron chi connectivity index (χ2n) is 5.53. The summed E-state index contributed by atoms with van der Waals surface area (Å²) in [5.41, 5.74) is 10.2. The lowest BCUT2D eigenvalue weighted by Gasteiger charge is -2.10. The number of hydrogen-bond donors (Lipinski definition) is 2. The minimum atomic E-state index is -0.239. The third-order valence-corrected chi connectivity index (χ3v) is 5.77. The zero-order valence-corrected chi connectivity index (χ0v) is 16.6. The van der Waals surface area contributed by atoms with E-state index in [1.807, 2.05) is 30.8 Å². The van der Waals surface area contributed by atoms with E-state index in [1.165, 1.54) is 3.57 Å². The number of aryl methyl sites for hydroxylation is 1. The van der Waals surface area contributed by atoms with Gasteiger partial charge in [0, 0.05) is 16.0 Å². The van der Waals surface area contributed by atoms with Crippen LogP contribution in [-0.2, 0) is 6.54 Å². The molecule has 0 aliphatic rings. The molecule has 0 amide bonds. The van der Waals surface area contributed by atoms with Gasteiger partial charge in [-0.05, 0) is 47.6 Å². The molecule has 0 aliphatic carbocycles. The Hall–Kier alpha value is -1.89. The number of rotatable bonds is 2. The number of hydrogen-bond acceptors (Lipinski definition) is 5. The molecule has 0 aliphatic heterocycles. The predicted molar refractivity (Wildman–Crippen MR) is 106 cm³/mol. The lowest BCUT2D eigenvalue weighted by atomic mass is 10.1. The van der Waals surface area contributed by atoms with Gasteiger partial charge in [-0.2, -0.15) is 4.98 Å². The second kappa shape index (κ2) is 7.15. The van der Waals surface area contributed by atoms with Crippen LogP contribution in [0.5, 0.6) is 0 Å². The lowest BCUT2D eigenvalue weighted by molar-refractivity contribution is 0.350. The normalized spacial score (nSPS) is 10.8. The Morgan fingerprint density at radius 2 is 2.12 bits per heavy atom. The van der Waals surface area contributed by atoms with Crippen molar-refractivity contribution in [2.24, 2.45) is 0 Å². The number of aliphatic hydroxyl groups is 1. The number of anilines is 1. The molecule has 128 valence electrons. The summed E-state index contributed by atoms with van der Waals surface area (Å²) in [4.78, 5) is 12.9. The van der Waals surface area contributed by atoms with Crippen LogP contribution in [0.2, 0.25) is 5.15 Å². The van der Waals surface area contributed by atoms with Gasteiger partial charge in [-0.15, -0.1) is 0 Å². The van der Waals surface area contributed by atoms with Gasteiger partial charge in [0.05, 0.1) is 23.2 Å². The van der Waals surface area contributed by atoms with E-state index in [2.05, 4.69) is 49.4 Å². The third-order valence-electron chi connectivity index (χ3n) is 3.83. The number of nitrogens with zero attached hydrogens (tertiary/aromatic N) is 4. The van der Waals surface area contributed by atoms with Crippen molar-refractivity contribution in [2.75, 3.05) is 12.3 Å². The van der Waals surface area contributed by atoms with Crippen LogP contribution in [0.3, 0.4) is 0 Å². The molecule has 0 saturated carbocycles. The van der Waals surface area contributed by atoms with E-state index in [-0.39, 0.29) is 17.7 Å². The lowest BCUT2D eigenvalue weighted by Crippen LogP contribution is -2.06. The van der Waals surface area contributed by atoms with Gasteiger partial charge in [-0.25, -0.2) is 4.98 Å². The highest BCUT2D eigenvalue weighted by Gasteiger charge is 2.16. The van der Waals surface area contributed by atoms with Crippen LogP contribution in [0.25, 0.3) is 11.0 Å². The van der Waals surface area contributed by atoms with Crippen molar-refractivity contribution in [1.82, 2.24) is 19.5 Å². The number of halogens is 2.